The van der Waals surface area contributed by atoms with Crippen molar-refractivity contribution in [2.45, 2.75) is 71.1 Å². The third-order valence-corrected chi connectivity index (χ3v) is 5.86. The lowest BCUT2D eigenvalue weighted by molar-refractivity contribution is -0.136. The van der Waals surface area contributed by atoms with Gasteiger partial charge < -0.3 is 10.6 Å². The van der Waals surface area contributed by atoms with Gasteiger partial charge in [0, 0.05) is 31.1 Å². The molecule has 1 fully saturated rings. The summed E-state index contributed by atoms with van der Waals surface area (Å²) in [7, 11) is 0. The molecule has 1 unspecified atom stereocenters. The standard InChI is InChI=1S/C22H32N4O3/c1-15(2)25(11-5-3-4-10-23)13-16-6-7-17-14-26(22(29)18(17)12-16)19-8-9-20(27)24-21(19)28/h6-7,12,15,19H,3-5,8-11,13-14,23H2,1-2H3,(H,24,27,28). The first-order valence-corrected chi connectivity index (χ1v) is 10.6. The first kappa shape index (κ1) is 21.5. The zero-order chi connectivity index (χ0) is 21.0. The highest BCUT2D eigenvalue weighted by Gasteiger charge is 2.39. The maximum absolute atomic E-state index is 13.0. The lowest BCUT2D eigenvalue weighted by Gasteiger charge is -2.29. The zero-order valence-electron chi connectivity index (χ0n) is 17.4. The number of nitrogens with zero attached hydrogens (tertiary/aromatic N) is 2. The number of hydrogen-bond acceptors (Lipinski definition) is 5. The second-order valence-electron chi connectivity index (χ2n) is 8.31. The van der Waals surface area contributed by atoms with Crippen molar-refractivity contribution in [1.29, 1.82) is 0 Å². The summed E-state index contributed by atoms with van der Waals surface area (Å²) in [4.78, 5) is 40.6. The fraction of sp³-hybridized carbons (Fsp3) is 0.591. The Kier molecular flexibility index (Phi) is 7.03. The maximum Gasteiger partial charge on any atom is 0.255 e. The number of benzene rings is 1. The molecule has 0 radical (unpaired) electrons. The first-order chi connectivity index (χ1) is 13.9. The number of fused-ring (bicyclic) bond motifs is 1. The molecule has 2 aliphatic rings. The van der Waals surface area contributed by atoms with E-state index in [-0.39, 0.29) is 24.1 Å². The Labute approximate surface area is 172 Å². The van der Waals surface area contributed by atoms with E-state index in [1.807, 2.05) is 12.1 Å². The molecule has 1 atom stereocenters. The van der Waals surface area contributed by atoms with Crippen molar-refractivity contribution in [2.24, 2.45) is 5.73 Å². The second kappa shape index (κ2) is 9.50. The predicted molar refractivity (Wildman–Crippen MR) is 111 cm³/mol. The monoisotopic (exact) mass is 400 g/mol. The van der Waals surface area contributed by atoms with Crippen LogP contribution in [0.15, 0.2) is 18.2 Å². The molecule has 0 aliphatic carbocycles. The van der Waals surface area contributed by atoms with Crippen LogP contribution in [0.5, 0.6) is 0 Å². The molecule has 1 saturated heterocycles. The van der Waals surface area contributed by atoms with Crippen LogP contribution in [0.4, 0.5) is 0 Å². The fourth-order valence-corrected chi connectivity index (χ4v) is 4.09. The lowest BCUT2D eigenvalue weighted by atomic mass is 10.0. The molecule has 0 aromatic heterocycles. The van der Waals surface area contributed by atoms with Gasteiger partial charge in [-0.15, -0.1) is 0 Å². The quantitative estimate of drug-likeness (QED) is 0.487. The number of amides is 3. The van der Waals surface area contributed by atoms with Crippen LogP contribution in [-0.2, 0) is 22.7 Å². The van der Waals surface area contributed by atoms with E-state index in [9.17, 15) is 14.4 Å². The molecule has 0 bridgehead atoms. The summed E-state index contributed by atoms with van der Waals surface area (Å²) in [6, 6.07) is 5.90. The normalized spacial score (nSPS) is 19.3. The minimum atomic E-state index is -0.564. The largest absolute Gasteiger partial charge is 0.330 e. The second-order valence-corrected chi connectivity index (χ2v) is 8.31. The van der Waals surface area contributed by atoms with Crippen LogP contribution < -0.4 is 11.1 Å². The predicted octanol–water partition coefficient (Wildman–Crippen LogP) is 1.79. The van der Waals surface area contributed by atoms with E-state index < -0.39 is 6.04 Å². The SMILES string of the molecule is CC(C)N(CCCCCN)Cc1ccc2c(c1)C(=O)N(C1CCC(=O)NC1=O)C2. The van der Waals surface area contributed by atoms with Crippen LogP contribution in [0.25, 0.3) is 0 Å². The van der Waals surface area contributed by atoms with E-state index in [0.717, 1.165) is 50.0 Å². The van der Waals surface area contributed by atoms with Crippen LogP contribution in [0.1, 0.15) is 67.4 Å². The van der Waals surface area contributed by atoms with Gasteiger partial charge in [-0.05, 0) is 63.4 Å². The minimum absolute atomic E-state index is 0.115. The first-order valence-electron chi connectivity index (χ1n) is 10.6. The van der Waals surface area contributed by atoms with E-state index >= 15 is 0 Å². The van der Waals surface area contributed by atoms with Crippen molar-refractivity contribution in [3.63, 3.8) is 0 Å². The van der Waals surface area contributed by atoms with Gasteiger partial charge in [-0.25, -0.2) is 0 Å². The molecule has 3 N–H and O–H groups in total. The van der Waals surface area contributed by atoms with E-state index in [1.54, 1.807) is 4.90 Å². The molecule has 3 amide bonds. The highest BCUT2D eigenvalue weighted by Crippen LogP contribution is 2.28. The van der Waals surface area contributed by atoms with Gasteiger partial charge >= 0.3 is 0 Å². The number of piperidine rings is 1. The van der Waals surface area contributed by atoms with Crippen molar-refractivity contribution in [3.8, 4) is 0 Å². The van der Waals surface area contributed by atoms with Crippen molar-refractivity contribution >= 4 is 17.7 Å². The van der Waals surface area contributed by atoms with Crippen LogP contribution >= 0.6 is 0 Å². The zero-order valence-corrected chi connectivity index (χ0v) is 17.4. The Bertz CT molecular complexity index is 777. The van der Waals surface area contributed by atoms with Crippen LogP contribution in [0.3, 0.4) is 0 Å². The number of rotatable bonds is 9. The summed E-state index contributed by atoms with van der Waals surface area (Å²) < 4.78 is 0. The van der Waals surface area contributed by atoms with Gasteiger partial charge in [0.2, 0.25) is 11.8 Å². The summed E-state index contributed by atoms with van der Waals surface area (Å²) >= 11 is 0. The van der Waals surface area contributed by atoms with Crippen LogP contribution in [-0.4, -0.2) is 52.7 Å². The summed E-state index contributed by atoms with van der Waals surface area (Å²) in [6.45, 7) is 7.33. The van der Waals surface area contributed by atoms with Gasteiger partial charge in [0.1, 0.15) is 6.04 Å². The molecular formula is C22H32N4O3. The van der Waals surface area contributed by atoms with Crippen LogP contribution in [0, 0.1) is 0 Å². The van der Waals surface area contributed by atoms with E-state index in [2.05, 4.69) is 30.1 Å². The van der Waals surface area contributed by atoms with Gasteiger partial charge in [-0.2, -0.15) is 0 Å². The Hall–Kier alpha value is -2.25. The molecule has 158 valence electrons. The van der Waals surface area contributed by atoms with E-state index in [4.69, 9.17) is 5.73 Å². The Morgan fingerprint density at radius 1 is 1.21 bits per heavy atom. The maximum atomic E-state index is 13.0. The van der Waals surface area contributed by atoms with Crippen LogP contribution in [0.2, 0.25) is 0 Å². The molecule has 0 saturated carbocycles. The molecule has 2 aliphatic heterocycles. The summed E-state index contributed by atoms with van der Waals surface area (Å²) in [5.41, 5.74) is 8.32. The number of carbonyl (C=O) groups is 3. The van der Waals surface area contributed by atoms with Gasteiger partial charge in [0.25, 0.3) is 5.91 Å². The minimum Gasteiger partial charge on any atom is -0.330 e. The number of imide groups is 1. The summed E-state index contributed by atoms with van der Waals surface area (Å²) in [5.74, 6) is -0.751. The fourth-order valence-electron chi connectivity index (χ4n) is 4.09. The molecule has 1 aromatic rings. The van der Waals surface area contributed by atoms with Crippen molar-refractivity contribution < 1.29 is 14.4 Å². The van der Waals surface area contributed by atoms with Crippen molar-refractivity contribution in [2.75, 3.05) is 13.1 Å². The lowest BCUT2D eigenvalue weighted by Crippen LogP contribution is -2.52. The molecule has 29 heavy (non-hydrogen) atoms. The number of nitrogens with one attached hydrogen (secondary N) is 1. The topological polar surface area (TPSA) is 95.7 Å². The smallest absolute Gasteiger partial charge is 0.255 e. The van der Waals surface area contributed by atoms with E-state index in [1.165, 1.54) is 0 Å². The third kappa shape index (κ3) is 5.03. The van der Waals surface area contributed by atoms with Crippen molar-refractivity contribution in [1.82, 2.24) is 15.1 Å². The third-order valence-electron chi connectivity index (χ3n) is 5.86. The van der Waals surface area contributed by atoms with Gasteiger partial charge in [0.15, 0.2) is 0 Å². The molecule has 0 spiro atoms. The Morgan fingerprint density at radius 2 is 2.00 bits per heavy atom. The highest BCUT2D eigenvalue weighted by molar-refractivity contribution is 6.05. The molecular weight excluding hydrogens is 368 g/mol. The molecule has 3 rings (SSSR count). The number of nitrogens with two attached hydrogens (primary N) is 1. The summed E-state index contributed by atoms with van der Waals surface area (Å²) in [5, 5.41) is 2.35. The van der Waals surface area contributed by atoms with Gasteiger partial charge in [-0.1, -0.05) is 18.6 Å². The molecule has 1 aromatic carbocycles. The average molecular weight is 401 g/mol. The van der Waals surface area contributed by atoms with Gasteiger partial charge in [-0.3, -0.25) is 24.6 Å². The Morgan fingerprint density at radius 3 is 2.69 bits per heavy atom. The Balaban J connectivity index is 1.67. The highest BCUT2D eigenvalue weighted by atomic mass is 16.2. The number of carbonyl (C=O) groups excluding carboxylic acids is 3. The van der Waals surface area contributed by atoms with Gasteiger partial charge in [0.05, 0.1) is 0 Å². The summed E-state index contributed by atoms with van der Waals surface area (Å²) in [6.07, 6.45) is 3.96. The average Bonchev–Trinajstić information content (AvgIpc) is 3.00. The molecule has 7 heteroatoms. The number of hydrogen-bond donors (Lipinski definition) is 2. The van der Waals surface area contributed by atoms with Crippen molar-refractivity contribution in [3.05, 3.63) is 34.9 Å². The van der Waals surface area contributed by atoms with E-state index in [0.29, 0.717) is 24.6 Å². The number of unbranched alkanes of at least 4 members (excludes halogenated alkanes) is 2. The molecule has 7 nitrogen and oxygen atoms in total. The molecule has 2 heterocycles.